The summed E-state index contributed by atoms with van der Waals surface area (Å²) in [6.45, 7) is 1.25. The molecule has 1 amide bonds. The molecular weight excluding hydrogens is 270 g/mol. The molecule has 1 N–H and O–H groups in total. The molecule has 0 aliphatic heterocycles. The number of hydrogen-bond donors (Lipinski definition) is 1. The summed E-state index contributed by atoms with van der Waals surface area (Å²) in [5.41, 5.74) is 0.287. The van der Waals surface area contributed by atoms with Gasteiger partial charge in [0.1, 0.15) is 4.60 Å². The zero-order valence-corrected chi connectivity index (χ0v) is 9.51. The normalized spacial score (nSPS) is 11.2. The van der Waals surface area contributed by atoms with E-state index in [0.29, 0.717) is 4.60 Å². The molecule has 0 atom stereocenters. The molecule has 0 radical (unpaired) electrons. The zero-order valence-electron chi connectivity index (χ0n) is 7.93. The van der Waals surface area contributed by atoms with Gasteiger partial charge in [-0.1, -0.05) is 6.92 Å². The van der Waals surface area contributed by atoms with Crippen molar-refractivity contribution < 1.29 is 13.6 Å². The molecule has 0 bridgehead atoms. The molecular formula is C9H9BrF2N2O. The van der Waals surface area contributed by atoms with Crippen LogP contribution in [0.3, 0.4) is 0 Å². The van der Waals surface area contributed by atoms with Gasteiger partial charge in [0.15, 0.2) is 0 Å². The number of nitrogens with zero attached hydrogens (tertiary/aromatic N) is 1. The Morgan fingerprint density at radius 2 is 2.33 bits per heavy atom. The highest BCUT2D eigenvalue weighted by atomic mass is 79.9. The fourth-order valence-corrected chi connectivity index (χ4v) is 1.23. The van der Waals surface area contributed by atoms with Crippen LogP contribution in [0.2, 0.25) is 0 Å². The second-order valence-electron chi connectivity index (χ2n) is 2.88. The number of carbonyl (C=O) groups excluding carboxylic acids is 1. The lowest BCUT2D eigenvalue weighted by Crippen LogP contribution is -2.33. The van der Waals surface area contributed by atoms with E-state index in [9.17, 15) is 13.6 Å². The van der Waals surface area contributed by atoms with Gasteiger partial charge >= 0.3 is 5.92 Å². The molecule has 0 saturated heterocycles. The molecule has 82 valence electrons. The van der Waals surface area contributed by atoms with E-state index in [0.717, 1.165) is 0 Å². The van der Waals surface area contributed by atoms with E-state index in [2.05, 4.69) is 26.2 Å². The molecule has 0 aliphatic rings. The maximum atomic E-state index is 12.9. The second kappa shape index (κ2) is 4.65. The van der Waals surface area contributed by atoms with E-state index in [-0.39, 0.29) is 5.69 Å². The third-order valence-corrected chi connectivity index (χ3v) is 2.19. The van der Waals surface area contributed by atoms with Crippen molar-refractivity contribution in [3.8, 4) is 0 Å². The lowest BCUT2D eigenvalue weighted by molar-refractivity contribution is -0.139. The van der Waals surface area contributed by atoms with Gasteiger partial charge in [-0.25, -0.2) is 4.98 Å². The first-order valence-corrected chi connectivity index (χ1v) is 5.06. The average molecular weight is 279 g/mol. The van der Waals surface area contributed by atoms with Gasteiger partial charge in [0.2, 0.25) is 0 Å². The van der Waals surface area contributed by atoms with Crippen LogP contribution in [0, 0.1) is 0 Å². The van der Waals surface area contributed by atoms with E-state index < -0.39 is 18.3 Å². The lowest BCUT2D eigenvalue weighted by atomic mass is 10.2. The van der Waals surface area contributed by atoms with Gasteiger partial charge in [0.25, 0.3) is 5.91 Å². The Kier molecular flexibility index (Phi) is 3.73. The molecule has 3 nitrogen and oxygen atoms in total. The van der Waals surface area contributed by atoms with Crippen LogP contribution < -0.4 is 5.32 Å². The second-order valence-corrected chi connectivity index (χ2v) is 3.69. The molecule has 6 heteroatoms. The Morgan fingerprint density at radius 3 is 2.87 bits per heavy atom. The predicted molar refractivity (Wildman–Crippen MR) is 55.8 cm³/mol. The monoisotopic (exact) mass is 278 g/mol. The Balaban J connectivity index is 2.75. The van der Waals surface area contributed by atoms with Crippen LogP contribution in [0.25, 0.3) is 0 Å². The Morgan fingerprint density at radius 1 is 1.67 bits per heavy atom. The third-order valence-electron chi connectivity index (χ3n) is 1.76. The summed E-state index contributed by atoms with van der Waals surface area (Å²) >= 11 is 3.07. The smallest absolute Gasteiger partial charge is 0.321 e. The van der Waals surface area contributed by atoms with Gasteiger partial charge in [-0.15, -0.1) is 0 Å². The first-order chi connectivity index (χ1) is 6.95. The number of halogens is 3. The van der Waals surface area contributed by atoms with Gasteiger partial charge in [-0.3, -0.25) is 4.79 Å². The minimum atomic E-state index is -3.34. The summed E-state index contributed by atoms with van der Waals surface area (Å²) in [6.07, 6.45) is 0.884. The molecule has 1 rings (SSSR count). The molecule has 0 aromatic carbocycles. The first-order valence-electron chi connectivity index (χ1n) is 4.26. The number of aromatic nitrogens is 1. The number of pyridine rings is 1. The lowest BCUT2D eigenvalue weighted by Gasteiger charge is -2.13. The Labute approximate surface area is 94.0 Å². The minimum Gasteiger partial charge on any atom is -0.321 e. The van der Waals surface area contributed by atoms with E-state index in [1.807, 2.05) is 0 Å². The van der Waals surface area contributed by atoms with Gasteiger partial charge < -0.3 is 5.32 Å². The number of hydrogen-bond acceptors (Lipinski definition) is 2. The summed E-state index contributed by atoms with van der Waals surface area (Å²) in [6, 6.07) is 2.89. The van der Waals surface area contributed by atoms with E-state index in [1.54, 1.807) is 0 Å². The molecule has 15 heavy (non-hydrogen) atoms. The van der Waals surface area contributed by atoms with E-state index in [4.69, 9.17) is 0 Å². The maximum absolute atomic E-state index is 12.9. The Hall–Kier alpha value is -1.04. The molecule has 0 fully saturated rings. The van der Waals surface area contributed by atoms with Gasteiger partial charge in [-0.05, 0) is 28.1 Å². The average Bonchev–Trinajstić information content (AvgIpc) is 2.17. The molecule has 1 aromatic heterocycles. The van der Waals surface area contributed by atoms with Crippen molar-refractivity contribution in [3.63, 3.8) is 0 Å². The van der Waals surface area contributed by atoms with E-state index in [1.165, 1.54) is 25.3 Å². The van der Waals surface area contributed by atoms with Gasteiger partial charge in [0.05, 0.1) is 0 Å². The highest BCUT2D eigenvalue weighted by Crippen LogP contribution is 2.21. The number of alkyl halides is 2. The fraction of sp³-hybridized carbons (Fsp3) is 0.333. The highest BCUT2D eigenvalue weighted by molar-refractivity contribution is 9.10. The van der Waals surface area contributed by atoms with Crippen molar-refractivity contribution >= 4 is 27.5 Å². The quantitative estimate of drug-likeness (QED) is 0.864. The molecule has 1 heterocycles. The number of carbonyl (C=O) groups is 1. The standard InChI is InChI=1S/C9H9BrF2N2O/c1-2-9(11,12)8(15)14-6-3-4-13-7(10)5-6/h3-5H,2H2,1H3,(H,13,14,15). The van der Waals surface area contributed by atoms with E-state index >= 15 is 0 Å². The van der Waals surface area contributed by atoms with Crippen LogP contribution in [-0.2, 0) is 4.79 Å². The highest BCUT2D eigenvalue weighted by Gasteiger charge is 2.36. The number of nitrogens with one attached hydrogen (secondary N) is 1. The first kappa shape index (κ1) is 12.0. The van der Waals surface area contributed by atoms with Crippen molar-refractivity contribution in [1.29, 1.82) is 0 Å². The van der Waals surface area contributed by atoms with Crippen molar-refractivity contribution in [3.05, 3.63) is 22.9 Å². The number of amides is 1. The number of rotatable bonds is 3. The topological polar surface area (TPSA) is 42.0 Å². The van der Waals surface area contributed by atoms with Crippen LogP contribution in [0.15, 0.2) is 22.9 Å². The summed E-state index contributed by atoms with van der Waals surface area (Å²) in [5, 5.41) is 2.12. The molecule has 1 aromatic rings. The predicted octanol–water partition coefficient (Wildman–Crippen LogP) is 2.83. The van der Waals surface area contributed by atoms with Crippen LogP contribution in [-0.4, -0.2) is 16.8 Å². The zero-order chi connectivity index (χ0) is 11.5. The van der Waals surface area contributed by atoms with Gasteiger partial charge in [0, 0.05) is 18.3 Å². The molecule has 0 saturated carbocycles. The van der Waals surface area contributed by atoms with Crippen LogP contribution in [0.5, 0.6) is 0 Å². The Bertz CT molecular complexity index is 371. The third kappa shape index (κ3) is 3.23. The largest absolute Gasteiger partial charge is 0.324 e. The summed E-state index contributed by atoms with van der Waals surface area (Å²) < 4.78 is 26.3. The van der Waals surface area contributed by atoms with Crippen LogP contribution in [0.1, 0.15) is 13.3 Å². The maximum Gasteiger partial charge on any atom is 0.324 e. The number of anilines is 1. The van der Waals surface area contributed by atoms with Gasteiger partial charge in [-0.2, -0.15) is 8.78 Å². The molecule has 0 aliphatic carbocycles. The van der Waals surface area contributed by atoms with Crippen molar-refractivity contribution in [1.82, 2.24) is 4.98 Å². The SMILES string of the molecule is CCC(F)(F)C(=O)Nc1ccnc(Br)c1. The minimum absolute atomic E-state index is 0.287. The fourth-order valence-electron chi connectivity index (χ4n) is 0.863. The molecule has 0 unspecified atom stereocenters. The van der Waals surface area contributed by atoms with Crippen molar-refractivity contribution in [2.24, 2.45) is 0 Å². The van der Waals surface area contributed by atoms with Crippen LogP contribution in [0.4, 0.5) is 14.5 Å². The van der Waals surface area contributed by atoms with Crippen molar-refractivity contribution in [2.75, 3.05) is 5.32 Å². The summed E-state index contributed by atoms with van der Waals surface area (Å²) in [4.78, 5) is 14.9. The summed E-state index contributed by atoms with van der Waals surface area (Å²) in [7, 11) is 0. The molecule has 0 spiro atoms. The summed E-state index contributed by atoms with van der Waals surface area (Å²) in [5.74, 6) is -4.64. The van der Waals surface area contributed by atoms with Crippen LogP contribution >= 0.6 is 15.9 Å². The van der Waals surface area contributed by atoms with Crippen molar-refractivity contribution in [2.45, 2.75) is 19.3 Å².